The zero-order valence-corrected chi connectivity index (χ0v) is 17.6. The van der Waals surface area contributed by atoms with Gasteiger partial charge in [-0.25, -0.2) is 8.42 Å². The molecule has 150 valence electrons. The van der Waals surface area contributed by atoms with Gasteiger partial charge in [0.25, 0.3) is 0 Å². The molecule has 0 aliphatic carbocycles. The van der Waals surface area contributed by atoms with Crippen LogP contribution in [0.3, 0.4) is 0 Å². The van der Waals surface area contributed by atoms with Crippen molar-refractivity contribution in [1.82, 2.24) is 9.62 Å². The third-order valence-corrected chi connectivity index (χ3v) is 7.32. The topological polar surface area (TPSA) is 66.5 Å². The molecule has 5 nitrogen and oxygen atoms in total. The molecule has 1 amide bonds. The lowest BCUT2D eigenvalue weighted by Gasteiger charge is -2.28. The summed E-state index contributed by atoms with van der Waals surface area (Å²) in [7, 11) is -3.69. The Hall–Kier alpha value is -1.89. The summed E-state index contributed by atoms with van der Waals surface area (Å²) in [5, 5.41) is 3.59. The van der Waals surface area contributed by atoms with Crippen molar-refractivity contribution in [3.8, 4) is 0 Å². The van der Waals surface area contributed by atoms with E-state index < -0.39 is 16.1 Å². The molecule has 7 heteroatoms. The zero-order chi connectivity index (χ0) is 20.4. The molecular weight excluding hydrogens is 396 g/mol. The van der Waals surface area contributed by atoms with Crippen LogP contribution in [0.1, 0.15) is 32.3 Å². The average Bonchev–Trinajstić information content (AvgIpc) is 3.18. The van der Waals surface area contributed by atoms with Crippen molar-refractivity contribution in [2.45, 2.75) is 43.0 Å². The van der Waals surface area contributed by atoms with Crippen LogP contribution in [-0.2, 0) is 20.2 Å². The van der Waals surface area contributed by atoms with Gasteiger partial charge in [0, 0.05) is 23.5 Å². The lowest BCUT2D eigenvalue weighted by Crippen LogP contribution is -2.48. The number of amides is 1. The van der Waals surface area contributed by atoms with Crippen LogP contribution in [0.5, 0.6) is 0 Å². The normalized spacial score (nSPS) is 18.2. The molecule has 28 heavy (non-hydrogen) atoms. The Kier molecular flexibility index (Phi) is 6.12. The molecule has 1 atom stereocenters. The minimum absolute atomic E-state index is 0.217. The summed E-state index contributed by atoms with van der Waals surface area (Å²) in [6.07, 6.45) is 1.19. The maximum atomic E-state index is 12.9. The highest BCUT2D eigenvalue weighted by molar-refractivity contribution is 7.89. The van der Waals surface area contributed by atoms with Gasteiger partial charge in [0.1, 0.15) is 6.04 Å². The third kappa shape index (κ3) is 4.40. The van der Waals surface area contributed by atoms with Crippen LogP contribution < -0.4 is 5.32 Å². The Morgan fingerprint density at radius 2 is 1.89 bits per heavy atom. The minimum Gasteiger partial charge on any atom is -0.354 e. The number of nitrogens with one attached hydrogen (secondary N) is 1. The first-order chi connectivity index (χ1) is 13.2. The molecule has 1 heterocycles. The largest absolute Gasteiger partial charge is 0.354 e. The van der Waals surface area contributed by atoms with Crippen molar-refractivity contribution in [2.75, 3.05) is 13.1 Å². The number of carbonyl (C=O) groups excluding carboxylic acids is 1. The molecule has 2 aromatic rings. The number of hydrogen-bond donors (Lipinski definition) is 1. The first kappa shape index (κ1) is 20.8. The first-order valence-corrected chi connectivity index (χ1v) is 11.1. The predicted octanol–water partition coefficient (Wildman–Crippen LogP) is 3.59. The van der Waals surface area contributed by atoms with Crippen LogP contribution in [-0.4, -0.2) is 37.8 Å². The van der Waals surface area contributed by atoms with Crippen molar-refractivity contribution < 1.29 is 13.2 Å². The Morgan fingerprint density at radius 3 is 2.57 bits per heavy atom. The van der Waals surface area contributed by atoms with E-state index in [1.165, 1.54) is 4.31 Å². The molecule has 0 bridgehead atoms. The number of halogens is 1. The van der Waals surface area contributed by atoms with E-state index in [2.05, 4.69) is 5.32 Å². The SMILES string of the molecule is CC(C)(CNC(=O)C1CCCN1S(=O)(=O)c1ccccc1)c1cccc(Cl)c1. The van der Waals surface area contributed by atoms with E-state index in [4.69, 9.17) is 11.6 Å². The molecule has 1 unspecified atom stereocenters. The summed E-state index contributed by atoms with van der Waals surface area (Å²) in [4.78, 5) is 13.1. The summed E-state index contributed by atoms with van der Waals surface area (Å²) in [5.41, 5.74) is 0.683. The van der Waals surface area contributed by atoms with Gasteiger partial charge in [-0.3, -0.25) is 4.79 Å². The Labute approximate surface area is 171 Å². The molecule has 1 fully saturated rings. The van der Waals surface area contributed by atoms with E-state index in [0.29, 0.717) is 31.0 Å². The van der Waals surface area contributed by atoms with Crippen LogP contribution in [0.15, 0.2) is 59.5 Å². The van der Waals surface area contributed by atoms with Crippen LogP contribution >= 0.6 is 11.6 Å². The lowest BCUT2D eigenvalue weighted by atomic mass is 9.84. The van der Waals surface area contributed by atoms with Gasteiger partial charge in [0.2, 0.25) is 15.9 Å². The van der Waals surface area contributed by atoms with Crippen molar-refractivity contribution in [1.29, 1.82) is 0 Å². The highest BCUT2D eigenvalue weighted by atomic mass is 35.5. The van der Waals surface area contributed by atoms with Crippen molar-refractivity contribution >= 4 is 27.5 Å². The van der Waals surface area contributed by atoms with Crippen molar-refractivity contribution in [3.63, 3.8) is 0 Å². The molecular formula is C21H25ClN2O3S. The second-order valence-corrected chi connectivity index (χ2v) is 10.0. The van der Waals surface area contributed by atoms with Crippen LogP contribution in [0.4, 0.5) is 0 Å². The zero-order valence-electron chi connectivity index (χ0n) is 16.1. The van der Waals surface area contributed by atoms with E-state index in [0.717, 1.165) is 5.56 Å². The smallest absolute Gasteiger partial charge is 0.243 e. The molecule has 2 aromatic carbocycles. The molecule has 0 saturated carbocycles. The number of rotatable bonds is 6. The number of nitrogens with zero attached hydrogens (tertiary/aromatic N) is 1. The van der Waals surface area contributed by atoms with Gasteiger partial charge in [0.05, 0.1) is 4.90 Å². The van der Waals surface area contributed by atoms with Crippen molar-refractivity contribution in [2.24, 2.45) is 0 Å². The van der Waals surface area contributed by atoms with Gasteiger partial charge < -0.3 is 5.32 Å². The maximum Gasteiger partial charge on any atom is 0.243 e. The number of carbonyl (C=O) groups is 1. The highest BCUT2D eigenvalue weighted by Gasteiger charge is 2.39. The van der Waals surface area contributed by atoms with E-state index in [1.54, 1.807) is 30.3 Å². The summed E-state index contributed by atoms with van der Waals surface area (Å²) >= 11 is 6.08. The molecule has 0 aromatic heterocycles. The molecule has 1 aliphatic rings. The fourth-order valence-corrected chi connectivity index (χ4v) is 5.32. The van der Waals surface area contributed by atoms with Crippen LogP contribution in [0.2, 0.25) is 5.02 Å². The monoisotopic (exact) mass is 420 g/mol. The average molecular weight is 421 g/mol. The second-order valence-electron chi connectivity index (χ2n) is 7.70. The van der Waals surface area contributed by atoms with Crippen LogP contribution in [0, 0.1) is 0 Å². The minimum atomic E-state index is -3.69. The quantitative estimate of drug-likeness (QED) is 0.776. The summed E-state index contributed by atoms with van der Waals surface area (Å²) in [5.74, 6) is -0.257. The summed E-state index contributed by atoms with van der Waals surface area (Å²) in [6.45, 7) is 4.78. The van der Waals surface area contributed by atoms with Gasteiger partial charge in [-0.1, -0.05) is 55.8 Å². The second kappa shape index (κ2) is 8.23. The fraction of sp³-hybridized carbons (Fsp3) is 0.381. The van der Waals surface area contributed by atoms with E-state index >= 15 is 0 Å². The fourth-order valence-electron chi connectivity index (χ4n) is 3.46. The lowest BCUT2D eigenvalue weighted by molar-refractivity contribution is -0.124. The molecule has 3 rings (SSSR count). The van der Waals surface area contributed by atoms with Gasteiger partial charge in [-0.2, -0.15) is 4.31 Å². The van der Waals surface area contributed by atoms with Crippen LogP contribution in [0.25, 0.3) is 0 Å². The molecule has 1 N–H and O–H groups in total. The number of benzene rings is 2. The molecule has 1 saturated heterocycles. The maximum absolute atomic E-state index is 12.9. The van der Waals surface area contributed by atoms with Gasteiger partial charge in [-0.15, -0.1) is 0 Å². The highest BCUT2D eigenvalue weighted by Crippen LogP contribution is 2.28. The Balaban J connectivity index is 1.71. The third-order valence-electron chi connectivity index (χ3n) is 5.17. The van der Waals surface area contributed by atoms with E-state index in [-0.39, 0.29) is 16.2 Å². The predicted molar refractivity (Wildman–Crippen MR) is 111 cm³/mol. The number of sulfonamides is 1. The molecule has 1 aliphatic heterocycles. The van der Waals surface area contributed by atoms with Gasteiger partial charge in [-0.05, 0) is 42.7 Å². The molecule has 0 spiro atoms. The Bertz CT molecular complexity index is 945. The standard InChI is InChI=1S/C21H25ClN2O3S/c1-21(2,16-8-6-9-17(22)14-16)15-23-20(25)19-12-7-13-24(19)28(26,27)18-10-4-3-5-11-18/h3-6,8-11,14,19H,7,12-13,15H2,1-2H3,(H,23,25). The Morgan fingerprint density at radius 1 is 1.18 bits per heavy atom. The van der Waals surface area contributed by atoms with Gasteiger partial charge >= 0.3 is 0 Å². The summed E-state index contributed by atoms with van der Waals surface area (Å²) in [6, 6.07) is 15.1. The first-order valence-electron chi connectivity index (χ1n) is 9.32. The van der Waals surface area contributed by atoms with Crippen molar-refractivity contribution in [3.05, 3.63) is 65.2 Å². The number of hydrogen-bond acceptors (Lipinski definition) is 3. The summed E-state index contributed by atoms with van der Waals surface area (Å²) < 4.78 is 27.2. The molecule has 0 radical (unpaired) electrons. The van der Waals surface area contributed by atoms with Gasteiger partial charge in [0.15, 0.2) is 0 Å². The van der Waals surface area contributed by atoms with E-state index in [9.17, 15) is 13.2 Å². The van der Waals surface area contributed by atoms with E-state index in [1.807, 2.05) is 38.1 Å².